The van der Waals surface area contributed by atoms with Crippen LogP contribution in [0.1, 0.15) is 48.5 Å². The highest BCUT2D eigenvalue weighted by Crippen LogP contribution is 2.29. The minimum absolute atomic E-state index is 0. The highest BCUT2D eigenvalue weighted by molar-refractivity contribution is 5.94. The maximum absolute atomic E-state index is 14.1. The van der Waals surface area contributed by atoms with Crippen molar-refractivity contribution in [2.24, 2.45) is 0 Å². The first-order valence-corrected chi connectivity index (χ1v) is 6.99. The molecule has 118 valence electrons. The van der Waals surface area contributed by atoms with E-state index in [1.54, 1.807) is 13.8 Å². The zero-order chi connectivity index (χ0) is 14.7. The molecule has 0 bridgehead atoms. The van der Waals surface area contributed by atoms with Crippen LogP contribution in [0.25, 0.3) is 0 Å². The molecule has 0 spiro atoms. The van der Waals surface area contributed by atoms with Crippen molar-refractivity contribution in [1.82, 2.24) is 10.6 Å². The molecule has 1 amide bonds. The average molecular weight is 319 g/mol. The number of halogens is 3. The van der Waals surface area contributed by atoms with E-state index in [1.807, 2.05) is 0 Å². The van der Waals surface area contributed by atoms with E-state index in [-0.39, 0.29) is 29.9 Å². The molecule has 2 rings (SSSR count). The van der Waals surface area contributed by atoms with Gasteiger partial charge in [0.15, 0.2) is 0 Å². The SMILES string of the molecule is CC(C)NC(=O)c1cc(F)c(C2CCNCC2)cc1F.Cl. The van der Waals surface area contributed by atoms with Crippen molar-refractivity contribution in [2.45, 2.75) is 38.6 Å². The van der Waals surface area contributed by atoms with Crippen LogP contribution < -0.4 is 10.6 Å². The van der Waals surface area contributed by atoms with Crippen molar-refractivity contribution >= 4 is 18.3 Å². The summed E-state index contributed by atoms with van der Waals surface area (Å²) in [5.74, 6) is -1.70. The monoisotopic (exact) mass is 318 g/mol. The van der Waals surface area contributed by atoms with Crippen LogP contribution in [-0.4, -0.2) is 25.0 Å². The van der Waals surface area contributed by atoms with Crippen LogP contribution >= 0.6 is 12.4 Å². The summed E-state index contributed by atoms with van der Waals surface area (Å²) in [6, 6.07) is 2.08. The first kappa shape index (κ1) is 17.9. The summed E-state index contributed by atoms with van der Waals surface area (Å²) in [6.45, 7) is 5.16. The van der Waals surface area contributed by atoms with E-state index in [2.05, 4.69) is 10.6 Å². The third kappa shape index (κ3) is 4.38. The Balaban J connectivity index is 0.00000220. The van der Waals surface area contributed by atoms with E-state index in [4.69, 9.17) is 0 Å². The Hall–Kier alpha value is -1.20. The summed E-state index contributed by atoms with van der Waals surface area (Å²) in [6.07, 6.45) is 1.57. The minimum atomic E-state index is -0.655. The molecule has 0 aliphatic carbocycles. The van der Waals surface area contributed by atoms with Crippen LogP contribution in [0, 0.1) is 11.6 Å². The van der Waals surface area contributed by atoms with Crippen molar-refractivity contribution < 1.29 is 13.6 Å². The van der Waals surface area contributed by atoms with Crippen LogP contribution in [0.4, 0.5) is 8.78 Å². The van der Waals surface area contributed by atoms with Crippen molar-refractivity contribution in [3.05, 3.63) is 34.9 Å². The Kier molecular flexibility index (Phi) is 6.55. The van der Waals surface area contributed by atoms with Crippen molar-refractivity contribution in [3.8, 4) is 0 Å². The third-order valence-electron chi connectivity index (χ3n) is 3.53. The lowest BCUT2D eigenvalue weighted by Gasteiger charge is -2.23. The van der Waals surface area contributed by atoms with Crippen LogP contribution in [0.2, 0.25) is 0 Å². The van der Waals surface area contributed by atoms with Crippen molar-refractivity contribution in [1.29, 1.82) is 0 Å². The fraction of sp³-hybridized carbons (Fsp3) is 0.533. The first-order chi connectivity index (χ1) is 9.49. The molecule has 1 heterocycles. The second-order valence-electron chi connectivity index (χ2n) is 5.51. The fourth-order valence-corrected chi connectivity index (χ4v) is 2.52. The first-order valence-electron chi connectivity index (χ1n) is 6.99. The quantitative estimate of drug-likeness (QED) is 0.899. The molecular weight excluding hydrogens is 298 g/mol. The van der Waals surface area contributed by atoms with E-state index in [1.165, 1.54) is 6.07 Å². The third-order valence-corrected chi connectivity index (χ3v) is 3.53. The van der Waals surface area contributed by atoms with Gasteiger partial charge in [0.05, 0.1) is 5.56 Å². The molecule has 6 heteroatoms. The predicted octanol–water partition coefficient (Wildman–Crippen LogP) is 2.99. The molecule has 3 nitrogen and oxygen atoms in total. The molecule has 0 aromatic heterocycles. The number of piperidine rings is 1. The van der Waals surface area contributed by atoms with Gasteiger partial charge in [0, 0.05) is 6.04 Å². The van der Waals surface area contributed by atoms with Gasteiger partial charge in [-0.2, -0.15) is 0 Å². The Labute approximate surface area is 129 Å². The Morgan fingerprint density at radius 1 is 1.24 bits per heavy atom. The van der Waals surface area contributed by atoms with Crippen molar-refractivity contribution in [2.75, 3.05) is 13.1 Å². The molecule has 0 saturated carbocycles. The van der Waals surface area contributed by atoms with Gasteiger partial charge in [-0.15, -0.1) is 12.4 Å². The maximum Gasteiger partial charge on any atom is 0.254 e. The van der Waals surface area contributed by atoms with Gasteiger partial charge in [-0.25, -0.2) is 8.78 Å². The molecule has 1 aromatic carbocycles. The summed E-state index contributed by atoms with van der Waals surface area (Å²) >= 11 is 0. The zero-order valence-electron chi connectivity index (χ0n) is 12.2. The van der Waals surface area contributed by atoms with Gasteiger partial charge < -0.3 is 10.6 Å². The van der Waals surface area contributed by atoms with Crippen LogP contribution in [-0.2, 0) is 0 Å². The van der Waals surface area contributed by atoms with E-state index in [0.717, 1.165) is 32.0 Å². The predicted molar refractivity (Wildman–Crippen MR) is 81.1 cm³/mol. The van der Waals surface area contributed by atoms with Gasteiger partial charge in [-0.1, -0.05) is 0 Å². The number of hydrogen-bond donors (Lipinski definition) is 2. The lowest BCUT2D eigenvalue weighted by molar-refractivity contribution is 0.0938. The lowest BCUT2D eigenvalue weighted by Crippen LogP contribution is -2.31. The molecule has 2 N–H and O–H groups in total. The smallest absolute Gasteiger partial charge is 0.254 e. The summed E-state index contributed by atoms with van der Waals surface area (Å²) in [5, 5.41) is 5.76. The molecule has 1 fully saturated rings. The second-order valence-corrected chi connectivity index (χ2v) is 5.51. The second kappa shape index (κ2) is 7.71. The van der Waals surface area contributed by atoms with Gasteiger partial charge in [0.2, 0.25) is 0 Å². The van der Waals surface area contributed by atoms with Crippen molar-refractivity contribution in [3.63, 3.8) is 0 Å². The molecule has 21 heavy (non-hydrogen) atoms. The molecule has 1 saturated heterocycles. The summed E-state index contributed by atoms with van der Waals surface area (Å²) < 4.78 is 28.2. The largest absolute Gasteiger partial charge is 0.350 e. The number of carbonyl (C=O) groups is 1. The van der Waals surface area contributed by atoms with Crippen LogP contribution in [0.15, 0.2) is 12.1 Å². The number of carbonyl (C=O) groups excluding carboxylic acids is 1. The maximum atomic E-state index is 14.1. The van der Waals surface area contributed by atoms with E-state index >= 15 is 0 Å². The summed E-state index contributed by atoms with van der Waals surface area (Å²) in [5.41, 5.74) is 0.152. The zero-order valence-corrected chi connectivity index (χ0v) is 13.0. The standard InChI is InChI=1S/C15H20F2N2O.ClH/c1-9(2)19-15(20)12-8-13(16)11(7-14(12)17)10-3-5-18-6-4-10;/h7-10,18H,3-6H2,1-2H3,(H,19,20);1H. The number of rotatable bonds is 3. The minimum Gasteiger partial charge on any atom is -0.350 e. The molecule has 1 aromatic rings. The average Bonchev–Trinajstić information content (AvgIpc) is 2.41. The van der Waals surface area contributed by atoms with Gasteiger partial charge in [-0.05, 0) is 63.4 Å². The number of nitrogens with one attached hydrogen (secondary N) is 2. The van der Waals surface area contributed by atoms with E-state index in [0.29, 0.717) is 5.56 Å². The molecular formula is C15H21ClF2N2O. The molecule has 1 aliphatic rings. The molecule has 0 atom stereocenters. The van der Waals surface area contributed by atoms with E-state index in [9.17, 15) is 13.6 Å². The molecule has 0 radical (unpaired) electrons. The normalized spacial score (nSPS) is 15.7. The Morgan fingerprint density at radius 2 is 1.86 bits per heavy atom. The lowest BCUT2D eigenvalue weighted by atomic mass is 9.89. The molecule has 1 aliphatic heterocycles. The molecule has 0 unspecified atom stereocenters. The van der Waals surface area contributed by atoms with Crippen LogP contribution in [0.3, 0.4) is 0 Å². The topological polar surface area (TPSA) is 41.1 Å². The number of benzene rings is 1. The highest BCUT2D eigenvalue weighted by atomic mass is 35.5. The summed E-state index contributed by atoms with van der Waals surface area (Å²) in [4.78, 5) is 11.8. The van der Waals surface area contributed by atoms with Gasteiger partial charge in [-0.3, -0.25) is 4.79 Å². The van der Waals surface area contributed by atoms with Gasteiger partial charge >= 0.3 is 0 Å². The van der Waals surface area contributed by atoms with Gasteiger partial charge in [0.1, 0.15) is 11.6 Å². The Morgan fingerprint density at radius 3 is 2.43 bits per heavy atom. The number of hydrogen-bond acceptors (Lipinski definition) is 2. The number of amides is 1. The van der Waals surface area contributed by atoms with Crippen LogP contribution in [0.5, 0.6) is 0 Å². The summed E-state index contributed by atoms with van der Waals surface area (Å²) in [7, 11) is 0. The fourth-order valence-electron chi connectivity index (χ4n) is 2.52. The van der Waals surface area contributed by atoms with Gasteiger partial charge in [0.25, 0.3) is 5.91 Å². The highest BCUT2D eigenvalue weighted by Gasteiger charge is 2.22. The Bertz CT molecular complexity index is 503. The van der Waals surface area contributed by atoms with E-state index < -0.39 is 17.5 Å².